The highest BCUT2D eigenvalue weighted by molar-refractivity contribution is 9.10. The Morgan fingerprint density at radius 2 is 1.86 bits per heavy atom. The van der Waals surface area contributed by atoms with Gasteiger partial charge in [0, 0.05) is 24.1 Å². The van der Waals surface area contributed by atoms with Crippen molar-refractivity contribution in [2.45, 2.75) is 6.92 Å². The Bertz CT molecular complexity index is 1030. The molecule has 28 heavy (non-hydrogen) atoms. The number of nitrogens with zero attached hydrogens (tertiary/aromatic N) is 3. The number of carbonyl (C=O) groups excluding carboxylic acids is 1. The number of hydrogen-bond acceptors (Lipinski definition) is 6. The van der Waals surface area contributed by atoms with Crippen LogP contribution in [0.4, 0.5) is 21.9 Å². The predicted molar refractivity (Wildman–Crippen MR) is 107 cm³/mol. The Kier molecular flexibility index (Phi) is 5.80. The van der Waals surface area contributed by atoms with Crippen LogP contribution in [0.5, 0.6) is 11.8 Å². The van der Waals surface area contributed by atoms with E-state index in [0.29, 0.717) is 11.4 Å². The van der Waals surface area contributed by atoms with Crippen molar-refractivity contribution < 1.29 is 14.5 Å². The van der Waals surface area contributed by atoms with E-state index >= 15 is 0 Å². The Morgan fingerprint density at radius 3 is 2.54 bits per heavy atom. The fourth-order valence-electron chi connectivity index (χ4n) is 2.32. The monoisotopic (exact) mass is 443 g/mol. The average Bonchev–Trinajstić information content (AvgIpc) is 2.66. The predicted octanol–water partition coefficient (Wildman–Crippen LogP) is 4.89. The van der Waals surface area contributed by atoms with Crippen molar-refractivity contribution in [2.75, 3.05) is 10.6 Å². The van der Waals surface area contributed by atoms with Crippen LogP contribution in [0, 0.1) is 17.0 Å². The molecule has 1 aromatic heterocycles. The Morgan fingerprint density at radius 1 is 1.14 bits per heavy atom. The fraction of sp³-hybridized carbons (Fsp3) is 0.0556. The van der Waals surface area contributed by atoms with Gasteiger partial charge in [-0.1, -0.05) is 12.1 Å². The first kappa shape index (κ1) is 19.2. The summed E-state index contributed by atoms with van der Waals surface area (Å²) in [6.07, 6.45) is 3.14. The second kappa shape index (κ2) is 8.44. The highest BCUT2D eigenvalue weighted by atomic mass is 79.9. The first-order valence-corrected chi connectivity index (χ1v) is 8.79. The molecule has 2 amide bonds. The smallest absolute Gasteiger partial charge is 0.323 e. The number of nitro benzene ring substituents is 1. The number of ether oxygens (including phenoxy) is 1. The molecule has 0 spiro atoms. The number of amides is 2. The number of halogens is 1. The summed E-state index contributed by atoms with van der Waals surface area (Å²) in [5.74, 6) is 0.534. The lowest BCUT2D eigenvalue weighted by Crippen LogP contribution is -2.20. The van der Waals surface area contributed by atoms with E-state index in [1.54, 1.807) is 43.6 Å². The first-order chi connectivity index (χ1) is 13.4. The van der Waals surface area contributed by atoms with Crippen molar-refractivity contribution >= 4 is 39.0 Å². The molecular weight excluding hydrogens is 430 g/mol. The molecule has 0 radical (unpaired) electrons. The lowest BCUT2D eigenvalue weighted by Gasteiger charge is -2.11. The summed E-state index contributed by atoms with van der Waals surface area (Å²) >= 11 is 3.25. The van der Waals surface area contributed by atoms with Crippen LogP contribution >= 0.6 is 15.9 Å². The molecule has 0 aliphatic rings. The minimum atomic E-state index is -0.599. The van der Waals surface area contributed by atoms with Gasteiger partial charge in [0.1, 0.15) is 11.4 Å². The topological polar surface area (TPSA) is 119 Å². The van der Waals surface area contributed by atoms with Gasteiger partial charge < -0.3 is 15.4 Å². The quantitative estimate of drug-likeness (QED) is 0.427. The number of nitrogens with one attached hydrogen (secondary N) is 2. The number of aromatic nitrogens is 2. The molecule has 1 heterocycles. The molecule has 2 aromatic carbocycles. The van der Waals surface area contributed by atoms with Gasteiger partial charge in [-0.15, -0.1) is 0 Å². The third-order valence-corrected chi connectivity index (χ3v) is 3.99. The van der Waals surface area contributed by atoms with E-state index in [1.165, 1.54) is 18.2 Å². The van der Waals surface area contributed by atoms with Crippen molar-refractivity contribution in [3.05, 3.63) is 75.0 Å². The van der Waals surface area contributed by atoms with Gasteiger partial charge in [-0.25, -0.2) is 14.8 Å². The Balaban J connectivity index is 1.68. The highest BCUT2D eigenvalue weighted by Gasteiger charge is 2.15. The van der Waals surface area contributed by atoms with Crippen LogP contribution in [0.25, 0.3) is 0 Å². The standard InChI is InChI=1S/C18H14BrN5O4/c1-11-8-13(6-7-16(11)28-18-20-9-12(19)10-21-18)22-17(25)23-14-4-2-3-5-15(14)24(26)27/h2-10H,1H3,(H2,22,23,25). The maximum absolute atomic E-state index is 12.2. The zero-order chi connectivity index (χ0) is 20.1. The summed E-state index contributed by atoms with van der Waals surface area (Å²) in [4.78, 5) is 30.7. The van der Waals surface area contributed by atoms with Crippen molar-refractivity contribution in [1.82, 2.24) is 9.97 Å². The molecule has 142 valence electrons. The molecule has 0 unspecified atom stereocenters. The van der Waals surface area contributed by atoms with Gasteiger partial charge in [-0.05, 0) is 52.7 Å². The zero-order valence-electron chi connectivity index (χ0n) is 14.5. The number of aryl methyl sites for hydroxylation is 1. The third-order valence-electron chi connectivity index (χ3n) is 3.58. The molecule has 0 aliphatic heterocycles. The molecule has 0 saturated carbocycles. The normalized spacial score (nSPS) is 10.2. The van der Waals surface area contributed by atoms with E-state index in [4.69, 9.17) is 4.74 Å². The molecule has 9 nitrogen and oxygen atoms in total. The number of nitro groups is 1. The molecule has 0 fully saturated rings. The molecular formula is C18H14BrN5O4. The van der Waals surface area contributed by atoms with Gasteiger partial charge in [-0.3, -0.25) is 10.1 Å². The lowest BCUT2D eigenvalue weighted by molar-refractivity contribution is -0.383. The molecule has 2 N–H and O–H groups in total. The average molecular weight is 444 g/mol. The summed E-state index contributed by atoms with van der Waals surface area (Å²) in [6.45, 7) is 1.80. The molecule has 0 bridgehead atoms. The molecule has 3 rings (SSSR count). The van der Waals surface area contributed by atoms with Crippen molar-refractivity contribution in [3.63, 3.8) is 0 Å². The van der Waals surface area contributed by atoms with Crippen molar-refractivity contribution in [2.24, 2.45) is 0 Å². The Labute approximate surface area is 168 Å². The van der Waals surface area contributed by atoms with E-state index in [-0.39, 0.29) is 17.4 Å². The van der Waals surface area contributed by atoms with Crippen molar-refractivity contribution in [3.8, 4) is 11.8 Å². The van der Waals surface area contributed by atoms with E-state index < -0.39 is 11.0 Å². The van der Waals surface area contributed by atoms with Gasteiger partial charge in [0.25, 0.3) is 5.69 Å². The number of anilines is 2. The number of para-hydroxylation sites is 2. The number of urea groups is 1. The van der Waals surface area contributed by atoms with Crippen LogP contribution in [-0.4, -0.2) is 20.9 Å². The van der Waals surface area contributed by atoms with Crippen LogP contribution in [0.2, 0.25) is 0 Å². The van der Waals surface area contributed by atoms with Crippen molar-refractivity contribution in [1.29, 1.82) is 0 Å². The van der Waals surface area contributed by atoms with Gasteiger partial charge in [0.2, 0.25) is 0 Å². The second-order valence-electron chi connectivity index (χ2n) is 5.62. The summed E-state index contributed by atoms with van der Waals surface area (Å²) in [5, 5.41) is 16.1. The number of hydrogen-bond donors (Lipinski definition) is 2. The minimum absolute atomic E-state index is 0.106. The maximum Gasteiger partial charge on any atom is 0.323 e. The van der Waals surface area contributed by atoms with Crippen LogP contribution in [0.3, 0.4) is 0 Å². The van der Waals surface area contributed by atoms with E-state index in [9.17, 15) is 14.9 Å². The minimum Gasteiger partial charge on any atom is -0.424 e. The van der Waals surface area contributed by atoms with Gasteiger partial charge >= 0.3 is 12.0 Å². The van der Waals surface area contributed by atoms with Crippen LogP contribution < -0.4 is 15.4 Å². The van der Waals surface area contributed by atoms with Crippen LogP contribution in [0.1, 0.15) is 5.56 Å². The number of benzene rings is 2. The highest BCUT2D eigenvalue weighted by Crippen LogP contribution is 2.27. The van der Waals surface area contributed by atoms with E-state index in [2.05, 4.69) is 36.5 Å². The molecule has 0 saturated heterocycles. The molecule has 0 atom stereocenters. The number of rotatable bonds is 5. The first-order valence-electron chi connectivity index (χ1n) is 8.00. The van der Waals surface area contributed by atoms with Crippen LogP contribution in [0.15, 0.2) is 59.3 Å². The van der Waals surface area contributed by atoms with Gasteiger partial charge in [-0.2, -0.15) is 0 Å². The third kappa shape index (κ3) is 4.80. The summed E-state index contributed by atoms with van der Waals surface area (Å²) in [7, 11) is 0. The van der Waals surface area contributed by atoms with E-state index in [0.717, 1.165) is 10.0 Å². The second-order valence-corrected chi connectivity index (χ2v) is 6.54. The molecule has 3 aromatic rings. The van der Waals surface area contributed by atoms with Gasteiger partial charge in [0.15, 0.2) is 0 Å². The molecule has 0 aliphatic carbocycles. The van der Waals surface area contributed by atoms with Gasteiger partial charge in [0.05, 0.1) is 9.40 Å². The zero-order valence-corrected chi connectivity index (χ0v) is 16.1. The largest absolute Gasteiger partial charge is 0.424 e. The number of carbonyl (C=O) groups is 1. The SMILES string of the molecule is Cc1cc(NC(=O)Nc2ccccc2[N+](=O)[O-])ccc1Oc1ncc(Br)cn1. The Hall–Kier alpha value is -3.53. The maximum atomic E-state index is 12.2. The molecule has 10 heteroatoms. The summed E-state index contributed by atoms with van der Waals surface area (Å²) < 4.78 is 6.35. The van der Waals surface area contributed by atoms with Crippen LogP contribution in [-0.2, 0) is 0 Å². The fourth-order valence-corrected chi connectivity index (χ4v) is 2.52. The summed E-state index contributed by atoms with van der Waals surface area (Å²) in [6, 6.07) is 10.5. The lowest BCUT2D eigenvalue weighted by atomic mass is 10.2. The van der Waals surface area contributed by atoms with E-state index in [1.807, 2.05) is 0 Å². The summed E-state index contributed by atoms with van der Waals surface area (Å²) in [5.41, 5.74) is 1.16.